The lowest BCUT2D eigenvalue weighted by molar-refractivity contribution is -0.117. The number of aliphatic hydroxyl groups is 1. The molecule has 174 valence electrons. The molecule has 0 spiro atoms. The Morgan fingerprint density at radius 3 is 2.37 bits per heavy atom. The summed E-state index contributed by atoms with van der Waals surface area (Å²) in [6.07, 6.45) is 3.18. The Balaban J connectivity index is 1.61. The van der Waals surface area contributed by atoms with Crippen LogP contribution < -0.4 is 9.64 Å². The summed E-state index contributed by atoms with van der Waals surface area (Å²) in [5.41, 5.74) is 2.64. The second-order valence-electron chi connectivity index (χ2n) is 7.95. The van der Waals surface area contributed by atoms with Gasteiger partial charge < -0.3 is 9.84 Å². The van der Waals surface area contributed by atoms with E-state index in [1.165, 1.54) is 16.2 Å². The number of aryl methyl sites for hydroxylation is 1. The number of hydrogen-bond donors (Lipinski definition) is 1. The molecule has 5 rings (SSSR count). The average molecular weight is 484 g/mol. The van der Waals surface area contributed by atoms with Crippen molar-refractivity contribution < 1.29 is 19.4 Å². The van der Waals surface area contributed by atoms with Crippen molar-refractivity contribution in [2.24, 2.45) is 0 Å². The smallest absolute Gasteiger partial charge is 0.294 e. The summed E-state index contributed by atoms with van der Waals surface area (Å²) < 4.78 is 5.23. The Labute approximate surface area is 206 Å². The van der Waals surface area contributed by atoms with Crippen molar-refractivity contribution in [2.45, 2.75) is 13.0 Å². The van der Waals surface area contributed by atoms with E-state index >= 15 is 0 Å². The van der Waals surface area contributed by atoms with Crippen LogP contribution in [0.15, 0.2) is 90.5 Å². The number of hydrogen-bond acceptors (Lipinski definition) is 7. The van der Waals surface area contributed by atoms with Gasteiger partial charge in [0.15, 0.2) is 5.76 Å². The number of aliphatic hydroxyl groups excluding tert-OH is 1. The van der Waals surface area contributed by atoms with Gasteiger partial charge in [0.05, 0.1) is 29.3 Å². The summed E-state index contributed by atoms with van der Waals surface area (Å²) in [7, 11) is 1.56. The van der Waals surface area contributed by atoms with Gasteiger partial charge in [0.2, 0.25) is 5.78 Å². The third-order valence-corrected chi connectivity index (χ3v) is 7.05. The Morgan fingerprint density at radius 1 is 1.03 bits per heavy atom. The van der Waals surface area contributed by atoms with Crippen LogP contribution in [0.25, 0.3) is 10.6 Å². The largest absolute Gasteiger partial charge is 0.503 e. The Hall–Kier alpha value is -4.30. The van der Waals surface area contributed by atoms with E-state index in [1.807, 2.05) is 30.3 Å². The number of carbonyl (C=O) groups excluding carboxylic acids is 2. The number of ketones is 1. The van der Waals surface area contributed by atoms with Crippen LogP contribution in [0.4, 0.5) is 5.69 Å². The van der Waals surface area contributed by atoms with E-state index in [1.54, 1.807) is 62.8 Å². The summed E-state index contributed by atoms with van der Waals surface area (Å²) in [6, 6.07) is 19.1. The highest BCUT2D eigenvalue weighted by Gasteiger charge is 2.45. The maximum atomic E-state index is 13.9. The molecule has 0 saturated heterocycles. The maximum Gasteiger partial charge on any atom is 0.294 e. The van der Waals surface area contributed by atoms with Crippen molar-refractivity contribution in [3.05, 3.63) is 107 Å². The van der Waals surface area contributed by atoms with Gasteiger partial charge in [-0.1, -0.05) is 30.3 Å². The van der Waals surface area contributed by atoms with E-state index in [0.717, 1.165) is 5.56 Å². The predicted octanol–water partition coefficient (Wildman–Crippen LogP) is 5.31. The minimum Gasteiger partial charge on any atom is -0.503 e. The molecule has 0 aliphatic carbocycles. The number of benzene rings is 2. The molecule has 1 aliphatic rings. The van der Waals surface area contributed by atoms with Crippen molar-refractivity contribution in [3.8, 4) is 16.3 Å². The van der Waals surface area contributed by atoms with Crippen LogP contribution in [0, 0.1) is 6.92 Å². The van der Waals surface area contributed by atoms with Gasteiger partial charge in [-0.2, -0.15) is 0 Å². The molecule has 0 radical (unpaired) electrons. The van der Waals surface area contributed by atoms with E-state index in [9.17, 15) is 14.7 Å². The zero-order valence-corrected chi connectivity index (χ0v) is 19.8. The molecule has 0 bridgehead atoms. The highest BCUT2D eigenvalue weighted by molar-refractivity contribution is 7.17. The van der Waals surface area contributed by atoms with E-state index in [-0.39, 0.29) is 5.57 Å². The number of methoxy groups -OCH3 is 1. The number of pyridine rings is 1. The van der Waals surface area contributed by atoms with Gasteiger partial charge in [0, 0.05) is 23.6 Å². The molecular formula is C27H21N3O4S. The fourth-order valence-electron chi connectivity index (χ4n) is 4.14. The van der Waals surface area contributed by atoms with Gasteiger partial charge in [-0.3, -0.25) is 19.5 Å². The van der Waals surface area contributed by atoms with E-state index in [4.69, 9.17) is 4.74 Å². The van der Waals surface area contributed by atoms with Crippen LogP contribution >= 0.6 is 11.3 Å². The van der Waals surface area contributed by atoms with Crippen LogP contribution in [-0.4, -0.2) is 33.9 Å². The molecule has 0 fully saturated rings. The number of ether oxygens (including phenoxy) is 1. The number of anilines is 1. The molecule has 35 heavy (non-hydrogen) atoms. The van der Waals surface area contributed by atoms with Crippen LogP contribution in [0.3, 0.4) is 0 Å². The van der Waals surface area contributed by atoms with Crippen molar-refractivity contribution >= 4 is 28.7 Å². The number of aromatic nitrogens is 2. The second kappa shape index (κ2) is 9.15. The zero-order valence-electron chi connectivity index (χ0n) is 19.0. The first-order valence-corrected chi connectivity index (χ1v) is 11.7. The normalized spacial score (nSPS) is 15.5. The molecule has 1 atom stereocenters. The van der Waals surface area contributed by atoms with Gasteiger partial charge in [0.25, 0.3) is 5.91 Å². The molecule has 2 aromatic heterocycles. The molecule has 1 N–H and O–H groups in total. The van der Waals surface area contributed by atoms with Crippen molar-refractivity contribution in [1.29, 1.82) is 0 Å². The Kier molecular flexibility index (Phi) is 5.88. The second-order valence-corrected chi connectivity index (χ2v) is 8.95. The summed E-state index contributed by atoms with van der Waals surface area (Å²) in [4.78, 5) is 37.6. The van der Waals surface area contributed by atoms with Gasteiger partial charge in [0.1, 0.15) is 10.8 Å². The SMILES string of the molecule is COc1ccc(N2C(=O)C(O)=C(C(=O)c3sc(-c4ccccc4)nc3C)C2c2ccncc2)cc1. The van der Waals surface area contributed by atoms with Gasteiger partial charge >= 0.3 is 0 Å². The quantitative estimate of drug-likeness (QED) is 0.374. The fourth-order valence-corrected chi connectivity index (χ4v) is 5.17. The van der Waals surface area contributed by atoms with Gasteiger partial charge in [-0.05, 0) is 48.9 Å². The van der Waals surface area contributed by atoms with Gasteiger partial charge in [-0.25, -0.2) is 4.98 Å². The highest BCUT2D eigenvalue weighted by atomic mass is 32.1. The molecule has 1 unspecified atom stereocenters. The molecule has 2 aromatic carbocycles. The lowest BCUT2D eigenvalue weighted by Gasteiger charge is -2.26. The molecule has 1 aliphatic heterocycles. The third kappa shape index (κ3) is 3.98. The van der Waals surface area contributed by atoms with Crippen molar-refractivity contribution in [1.82, 2.24) is 9.97 Å². The maximum absolute atomic E-state index is 13.9. The minimum atomic E-state index is -0.826. The summed E-state index contributed by atoms with van der Waals surface area (Å²) in [6.45, 7) is 1.76. The molecule has 8 heteroatoms. The minimum absolute atomic E-state index is 0.0170. The van der Waals surface area contributed by atoms with Crippen molar-refractivity contribution in [2.75, 3.05) is 12.0 Å². The van der Waals surface area contributed by atoms with Gasteiger partial charge in [-0.15, -0.1) is 11.3 Å². The first-order chi connectivity index (χ1) is 17.0. The number of nitrogens with zero attached hydrogens (tertiary/aromatic N) is 3. The van der Waals surface area contributed by atoms with Crippen LogP contribution in [0.5, 0.6) is 5.75 Å². The average Bonchev–Trinajstić information content (AvgIpc) is 3.42. The number of Topliss-reactive ketones (excluding diaryl/α,β-unsaturated/α-hetero) is 1. The predicted molar refractivity (Wildman–Crippen MR) is 134 cm³/mol. The number of thiazole rings is 1. The molecule has 0 saturated carbocycles. The number of rotatable bonds is 6. The monoisotopic (exact) mass is 483 g/mol. The summed E-state index contributed by atoms with van der Waals surface area (Å²) >= 11 is 1.25. The van der Waals surface area contributed by atoms with Crippen LogP contribution in [-0.2, 0) is 4.79 Å². The van der Waals surface area contributed by atoms with Crippen LogP contribution in [0.1, 0.15) is 27.0 Å². The van der Waals surface area contributed by atoms with E-state index < -0.39 is 23.5 Å². The third-order valence-electron chi connectivity index (χ3n) is 5.85. The van der Waals surface area contributed by atoms with Crippen molar-refractivity contribution in [3.63, 3.8) is 0 Å². The Morgan fingerprint density at radius 2 is 1.71 bits per heavy atom. The molecule has 7 nitrogen and oxygen atoms in total. The fraction of sp³-hybridized carbons (Fsp3) is 0.111. The summed E-state index contributed by atoms with van der Waals surface area (Å²) in [5.74, 6) is -1.01. The highest BCUT2D eigenvalue weighted by Crippen LogP contribution is 2.43. The lowest BCUT2D eigenvalue weighted by atomic mass is 9.95. The van der Waals surface area contributed by atoms with E-state index in [0.29, 0.717) is 32.6 Å². The molecule has 4 aromatic rings. The lowest BCUT2D eigenvalue weighted by Crippen LogP contribution is -2.31. The molecule has 3 heterocycles. The zero-order chi connectivity index (χ0) is 24.5. The standard InChI is InChI=1S/C27H21N3O4S/c1-16-25(35-26(29-16)18-6-4-3-5-7-18)23(31)21-22(17-12-14-28-15-13-17)30(27(33)24(21)32)19-8-10-20(34-2)11-9-19/h3-15,22,32H,1-2H3. The number of amides is 1. The number of carbonyl (C=O) groups is 2. The topological polar surface area (TPSA) is 92.6 Å². The van der Waals surface area contributed by atoms with E-state index in [2.05, 4.69) is 9.97 Å². The molecule has 1 amide bonds. The van der Waals surface area contributed by atoms with Crippen LogP contribution in [0.2, 0.25) is 0 Å². The first kappa shape index (κ1) is 22.5. The molecular weight excluding hydrogens is 462 g/mol. The summed E-state index contributed by atoms with van der Waals surface area (Å²) in [5, 5.41) is 11.7. The first-order valence-electron chi connectivity index (χ1n) is 10.9. The Bertz CT molecular complexity index is 1430.